The SMILES string of the molecule is COC(=O)[C@H](C)NC(=O)[C@H](CCCCNC(=O)c1ccc2c(c1)OCCOCCOCCOCCOCCO2)NC(=O)[C@H](C)N. The van der Waals surface area contributed by atoms with Crippen LogP contribution in [0.1, 0.15) is 43.5 Å². The summed E-state index contributed by atoms with van der Waals surface area (Å²) in [7, 11) is 1.22. The Hall–Kier alpha value is -3.50. The molecular weight excluding hydrogens is 592 g/mol. The topological polar surface area (TPSA) is 195 Å². The van der Waals surface area contributed by atoms with E-state index < -0.39 is 35.9 Å². The maximum atomic E-state index is 12.9. The van der Waals surface area contributed by atoms with Gasteiger partial charge in [-0.2, -0.15) is 0 Å². The normalized spacial score (nSPS) is 17.3. The fraction of sp³-hybridized carbons (Fsp3) is 0.667. The Kier molecular flexibility index (Phi) is 18.5. The predicted octanol–water partition coefficient (Wildman–Crippen LogP) is -0.0660. The third-order valence-corrected chi connectivity index (χ3v) is 6.46. The zero-order valence-corrected chi connectivity index (χ0v) is 26.4. The molecular formula is C30H48N4O11. The van der Waals surface area contributed by atoms with Crippen molar-refractivity contribution in [1.29, 1.82) is 0 Å². The van der Waals surface area contributed by atoms with Crippen molar-refractivity contribution in [3.05, 3.63) is 23.8 Å². The van der Waals surface area contributed by atoms with Crippen molar-refractivity contribution in [3.63, 3.8) is 0 Å². The molecule has 0 radical (unpaired) electrons. The molecule has 0 aliphatic carbocycles. The third-order valence-electron chi connectivity index (χ3n) is 6.46. The molecule has 15 heteroatoms. The Bertz CT molecular complexity index is 1060. The van der Waals surface area contributed by atoms with Crippen molar-refractivity contribution in [2.45, 2.75) is 51.2 Å². The maximum Gasteiger partial charge on any atom is 0.328 e. The molecule has 2 rings (SSSR count). The number of nitrogens with two attached hydrogens (primary N) is 1. The Morgan fingerprint density at radius 3 is 1.89 bits per heavy atom. The fourth-order valence-electron chi connectivity index (χ4n) is 3.96. The van der Waals surface area contributed by atoms with Crippen LogP contribution in [0, 0.1) is 0 Å². The van der Waals surface area contributed by atoms with Crippen LogP contribution >= 0.6 is 0 Å². The zero-order chi connectivity index (χ0) is 32.9. The van der Waals surface area contributed by atoms with Gasteiger partial charge in [-0.15, -0.1) is 0 Å². The highest BCUT2D eigenvalue weighted by Gasteiger charge is 2.25. The van der Waals surface area contributed by atoms with Crippen molar-refractivity contribution >= 4 is 23.7 Å². The van der Waals surface area contributed by atoms with Crippen LogP contribution in [0.4, 0.5) is 0 Å². The lowest BCUT2D eigenvalue weighted by Gasteiger charge is -2.21. The molecule has 3 amide bonds. The van der Waals surface area contributed by atoms with Crippen molar-refractivity contribution in [3.8, 4) is 11.5 Å². The number of carbonyl (C=O) groups is 4. The van der Waals surface area contributed by atoms with Crippen molar-refractivity contribution in [1.82, 2.24) is 16.0 Å². The summed E-state index contributed by atoms with van der Waals surface area (Å²) in [5.74, 6) is -1.09. The molecule has 1 aliphatic rings. The highest BCUT2D eigenvalue weighted by Crippen LogP contribution is 2.28. The minimum Gasteiger partial charge on any atom is -0.487 e. The van der Waals surface area contributed by atoms with Gasteiger partial charge < -0.3 is 54.8 Å². The van der Waals surface area contributed by atoms with Gasteiger partial charge in [0.25, 0.3) is 5.91 Å². The highest BCUT2D eigenvalue weighted by atomic mass is 16.6. The van der Waals surface area contributed by atoms with Crippen LogP contribution in [-0.2, 0) is 38.1 Å². The second kappa shape index (κ2) is 22.1. The first-order valence-corrected chi connectivity index (χ1v) is 15.2. The lowest BCUT2D eigenvalue weighted by Crippen LogP contribution is -2.53. The van der Waals surface area contributed by atoms with Gasteiger partial charge in [0, 0.05) is 12.1 Å². The van der Waals surface area contributed by atoms with Crippen molar-refractivity contribution in [2.24, 2.45) is 5.73 Å². The molecule has 0 saturated heterocycles. The first-order chi connectivity index (χ1) is 21.7. The minimum atomic E-state index is -0.912. The zero-order valence-electron chi connectivity index (χ0n) is 26.4. The Labute approximate surface area is 264 Å². The van der Waals surface area contributed by atoms with E-state index in [0.29, 0.717) is 89.3 Å². The standard InChI is InChI=1S/C30H48N4O11/c1-21(31)27(35)34-24(29(37)33-22(2)30(38)39-3)6-4-5-9-32-28(36)23-7-8-25-26(20-23)45-19-17-43-15-13-41-11-10-40-12-14-42-16-18-44-25/h7-8,20-22,24H,4-6,9-19,31H2,1-3H3,(H,32,36)(H,33,37)(H,34,35)/t21-,22-,24-/m0/s1. The Balaban J connectivity index is 1.91. The lowest BCUT2D eigenvalue weighted by molar-refractivity contribution is -0.144. The van der Waals surface area contributed by atoms with Gasteiger partial charge >= 0.3 is 5.97 Å². The maximum absolute atomic E-state index is 12.9. The number of unbranched alkanes of at least 4 members (excludes halogenated alkanes) is 1. The second-order valence-electron chi connectivity index (χ2n) is 10.2. The number of methoxy groups -OCH3 is 1. The van der Waals surface area contributed by atoms with E-state index in [1.165, 1.54) is 21.0 Å². The number of fused-ring (bicyclic) bond motifs is 1. The van der Waals surface area contributed by atoms with E-state index in [4.69, 9.17) is 34.2 Å². The van der Waals surface area contributed by atoms with Gasteiger partial charge in [-0.25, -0.2) is 4.79 Å². The van der Waals surface area contributed by atoms with Gasteiger partial charge in [0.1, 0.15) is 25.3 Å². The quantitative estimate of drug-likeness (QED) is 0.186. The summed E-state index contributed by atoms with van der Waals surface area (Å²) in [4.78, 5) is 49.5. The largest absolute Gasteiger partial charge is 0.487 e. The molecule has 254 valence electrons. The van der Waals surface area contributed by atoms with Crippen LogP contribution in [0.3, 0.4) is 0 Å². The molecule has 1 aromatic carbocycles. The lowest BCUT2D eigenvalue weighted by atomic mass is 10.1. The van der Waals surface area contributed by atoms with E-state index in [2.05, 4.69) is 20.7 Å². The molecule has 1 heterocycles. The summed E-state index contributed by atoms with van der Waals surface area (Å²) in [6.45, 7) is 7.20. The molecule has 45 heavy (non-hydrogen) atoms. The second-order valence-corrected chi connectivity index (χ2v) is 10.2. The molecule has 3 atom stereocenters. The van der Waals surface area contributed by atoms with E-state index in [1.807, 2.05) is 0 Å². The number of rotatable bonds is 11. The number of esters is 1. The van der Waals surface area contributed by atoms with Gasteiger partial charge in [0.2, 0.25) is 11.8 Å². The van der Waals surface area contributed by atoms with Gasteiger partial charge in [-0.05, 0) is 51.3 Å². The highest BCUT2D eigenvalue weighted by molar-refractivity contribution is 5.95. The Morgan fingerprint density at radius 2 is 1.33 bits per heavy atom. The van der Waals surface area contributed by atoms with Crippen molar-refractivity contribution in [2.75, 3.05) is 79.7 Å². The first kappa shape index (κ1) is 37.7. The molecule has 1 aromatic rings. The van der Waals surface area contributed by atoms with E-state index in [-0.39, 0.29) is 25.5 Å². The third kappa shape index (κ3) is 15.4. The number of hydrogen-bond acceptors (Lipinski definition) is 12. The number of amides is 3. The van der Waals surface area contributed by atoms with Crippen LogP contribution in [0.15, 0.2) is 18.2 Å². The van der Waals surface area contributed by atoms with Crippen LogP contribution in [0.25, 0.3) is 0 Å². The number of ether oxygens (including phenoxy) is 7. The predicted molar refractivity (Wildman–Crippen MR) is 162 cm³/mol. The summed E-state index contributed by atoms with van der Waals surface area (Å²) < 4.78 is 38.3. The average molecular weight is 641 g/mol. The summed E-state index contributed by atoms with van der Waals surface area (Å²) in [5, 5.41) is 7.99. The van der Waals surface area contributed by atoms with E-state index >= 15 is 0 Å². The molecule has 0 spiro atoms. The number of nitrogens with one attached hydrogen (secondary N) is 3. The molecule has 15 nitrogen and oxygen atoms in total. The number of benzene rings is 1. The number of hydrogen-bond donors (Lipinski definition) is 4. The van der Waals surface area contributed by atoms with E-state index in [0.717, 1.165) is 0 Å². The molecule has 0 unspecified atom stereocenters. The summed E-state index contributed by atoms with van der Waals surface area (Å²) in [6.07, 6.45) is 1.28. The van der Waals surface area contributed by atoms with Crippen molar-refractivity contribution < 1.29 is 52.3 Å². The minimum absolute atomic E-state index is 0.244. The van der Waals surface area contributed by atoms with Crippen LogP contribution in [0.5, 0.6) is 11.5 Å². The van der Waals surface area contributed by atoms with E-state index in [9.17, 15) is 19.2 Å². The fourth-order valence-corrected chi connectivity index (χ4v) is 3.96. The van der Waals surface area contributed by atoms with Crippen LogP contribution < -0.4 is 31.2 Å². The van der Waals surface area contributed by atoms with Gasteiger partial charge in [-0.3, -0.25) is 14.4 Å². The summed E-state index contributed by atoms with van der Waals surface area (Å²) >= 11 is 0. The monoisotopic (exact) mass is 640 g/mol. The van der Waals surface area contributed by atoms with Crippen LogP contribution in [-0.4, -0.2) is 122 Å². The summed E-state index contributed by atoms with van der Waals surface area (Å²) in [5.41, 5.74) is 6.01. The molecule has 5 N–H and O–H groups in total. The van der Waals surface area contributed by atoms with Gasteiger partial charge in [0.15, 0.2) is 11.5 Å². The van der Waals surface area contributed by atoms with Gasteiger partial charge in [-0.1, -0.05) is 0 Å². The molecule has 0 fully saturated rings. The smallest absolute Gasteiger partial charge is 0.328 e. The molecule has 1 aliphatic heterocycles. The average Bonchev–Trinajstić information content (AvgIpc) is 3.02. The molecule has 0 saturated carbocycles. The molecule has 0 bridgehead atoms. The van der Waals surface area contributed by atoms with Crippen LogP contribution in [0.2, 0.25) is 0 Å². The van der Waals surface area contributed by atoms with E-state index in [1.54, 1.807) is 18.2 Å². The summed E-state index contributed by atoms with van der Waals surface area (Å²) in [6, 6.07) is 2.29. The molecule has 0 aromatic heterocycles. The first-order valence-electron chi connectivity index (χ1n) is 15.2. The number of carbonyl (C=O) groups excluding carboxylic acids is 4. The Morgan fingerprint density at radius 1 is 0.778 bits per heavy atom. The van der Waals surface area contributed by atoms with Gasteiger partial charge in [0.05, 0.1) is 66.0 Å².